The Bertz CT molecular complexity index is 139. The molecule has 0 aliphatic heterocycles. The van der Waals surface area contributed by atoms with E-state index in [1.165, 1.54) is 32.1 Å². The van der Waals surface area contributed by atoms with Crippen LogP contribution in [0.2, 0.25) is 0 Å². The van der Waals surface area contributed by atoms with Gasteiger partial charge in [-0.15, -0.1) is 0 Å². The van der Waals surface area contributed by atoms with Gasteiger partial charge in [-0.3, -0.25) is 0 Å². The lowest BCUT2D eigenvalue weighted by molar-refractivity contribution is 0.0868. The zero-order chi connectivity index (χ0) is 9.19. The first-order chi connectivity index (χ1) is 5.62. The van der Waals surface area contributed by atoms with Crippen molar-refractivity contribution in [3.63, 3.8) is 0 Å². The van der Waals surface area contributed by atoms with Gasteiger partial charge in [0.15, 0.2) is 0 Å². The smallest absolute Gasteiger partial charge is 0.0303 e. The summed E-state index contributed by atoms with van der Waals surface area (Å²) in [6, 6.07) is 0. The fourth-order valence-electron chi connectivity index (χ4n) is 2.58. The Morgan fingerprint density at radius 1 is 1.33 bits per heavy atom. The molecule has 0 spiro atoms. The molecular weight excluding hydrogens is 144 g/mol. The quantitative estimate of drug-likeness (QED) is 0.578. The van der Waals surface area contributed by atoms with E-state index in [0.29, 0.717) is 5.41 Å². The fraction of sp³-hybridized carbons (Fsp3) is 1.00. The van der Waals surface area contributed by atoms with Crippen LogP contribution in [0.5, 0.6) is 0 Å². The highest BCUT2D eigenvalue weighted by Crippen LogP contribution is 2.45. The van der Waals surface area contributed by atoms with E-state index in [2.05, 4.69) is 27.7 Å². The standard InChI is InChI=1S/C12H24/c1-5-11-7-8-12(4,6-2)10(3)9-11/h10-11H,5-9H2,1-4H3. The Labute approximate surface area is 77.7 Å². The highest BCUT2D eigenvalue weighted by molar-refractivity contribution is 4.85. The summed E-state index contributed by atoms with van der Waals surface area (Å²) in [6.07, 6.45) is 7.17. The molecule has 0 bridgehead atoms. The van der Waals surface area contributed by atoms with Crippen molar-refractivity contribution in [2.75, 3.05) is 0 Å². The van der Waals surface area contributed by atoms with Crippen molar-refractivity contribution in [1.29, 1.82) is 0 Å². The SMILES string of the molecule is CCC1CCC(C)(CC)C(C)C1. The summed E-state index contributed by atoms with van der Waals surface area (Å²) in [5, 5.41) is 0. The molecule has 0 aromatic carbocycles. The molecule has 0 nitrogen and oxygen atoms in total. The molecule has 0 aromatic rings. The zero-order valence-electron chi connectivity index (χ0n) is 9.19. The summed E-state index contributed by atoms with van der Waals surface area (Å²) in [7, 11) is 0. The second kappa shape index (κ2) is 3.81. The molecular formula is C12H24. The molecule has 3 unspecified atom stereocenters. The molecule has 72 valence electrons. The first-order valence-corrected chi connectivity index (χ1v) is 5.62. The lowest BCUT2D eigenvalue weighted by Gasteiger charge is -2.42. The second-order valence-corrected chi connectivity index (χ2v) is 4.96. The van der Waals surface area contributed by atoms with Crippen LogP contribution in [0.4, 0.5) is 0 Å². The van der Waals surface area contributed by atoms with Gasteiger partial charge in [0.2, 0.25) is 0 Å². The maximum absolute atomic E-state index is 2.48. The van der Waals surface area contributed by atoms with Crippen molar-refractivity contribution in [3.05, 3.63) is 0 Å². The molecule has 3 atom stereocenters. The molecule has 0 N–H and O–H groups in total. The Kier molecular flexibility index (Phi) is 3.20. The lowest BCUT2D eigenvalue weighted by atomic mass is 9.63. The third-order valence-corrected chi connectivity index (χ3v) is 4.39. The van der Waals surface area contributed by atoms with Gasteiger partial charge < -0.3 is 0 Å². The largest absolute Gasteiger partial charge is 0.0651 e. The summed E-state index contributed by atoms with van der Waals surface area (Å²) in [5.74, 6) is 1.97. The Morgan fingerprint density at radius 3 is 2.42 bits per heavy atom. The predicted octanol–water partition coefficient (Wildman–Crippen LogP) is 4.25. The molecule has 1 aliphatic rings. The first kappa shape index (κ1) is 10.1. The molecule has 0 radical (unpaired) electrons. The number of hydrogen-bond acceptors (Lipinski definition) is 0. The average Bonchev–Trinajstić information content (AvgIpc) is 2.10. The van der Waals surface area contributed by atoms with Crippen LogP contribution >= 0.6 is 0 Å². The van der Waals surface area contributed by atoms with Crippen LogP contribution in [0.25, 0.3) is 0 Å². The van der Waals surface area contributed by atoms with E-state index >= 15 is 0 Å². The van der Waals surface area contributed by atoms with Crippen LogP contribution in [0.3, 0.4) is 0 Å². The van der Waals surface area contributed by atoms with Crippen LogP contribution in [-0.4, -0.2) is 0 Å². The van der Waals surface area contributed by atoms with E-state index in [1.54, 1.807) is 0 Å². The molecule has 12 heavy (non-hydrogen) atoms. The van der Waals surface area contributed by atoms with Crippen molar-refractivity contribution >= 4 is 0 Å². The molecule has 1 saturated carbocycles. The van der Waals surface area contributed by atoms with Crippen LogP contribution in [-0.2, 0) is 0 Å². The lowest BCUT2D eigenvalue weighted by Crippen LogP contribution is -2.31. The van der Waals surface area contributed by atoms with Gasteiger partial charge in [-0.1, -0.05) is 40.5 Å². The minimum Gasteiger partial charge on any atom is -0.0651 e. The maximum atomic E-state index is 2.48. The Morgan fingerprint density at radius 2 is 2.00 bits per heavy atom. The van der Waals surface area contributed by atoms with Crippen LogP contribution in [0.15, 0.2) is 0 Å². The topological polar surface area (TPSA) is 0 Å². The molecule has 0 saturated heterocycles. The fourth-order valence-corrected chi connectivity index (χ4v) is 2.58. The summed E-state index contributed by atoms with van der Waals surface area (Å²) < 4.78 is 0. The summed E-state index contributed by atoms with van der Waals surface area (Å²) in [5.41, 5.74) is 0.658. The van der Waals surface area contributed by atoms with E-state index in [-0.39, 0.29) is 0 Å². The van der Waals surface area contributed by atoms with E-state index in [1.807, 2.05) is 0 Å². The molecule has 0 heterocycles. The maximum Gasteiger partial charge on any atom is -0.0303 e. The van der Waals surface area contributed by atoms with Crippen LogP contribution in [0.1, 0.15) is 59.8 Å². The normalized spacial score (nSPS) is 43.0. The van der Waals surface area contributed by atoms with Crippen molar-refractivity contribution in [3.8, 4) is 0 Å². The zero-order valence-corrected chi connectivity index (χ0v) is 9.19. The van der Waals surface area contributed by atoms with Crippen molar-refractivity contribution < 1.29 is 0 Å². The van der Waals surface area contributed by atoms with Crippen LogP contribution < -0.4 is 0 Å². The van der Waals surface area contributed by atoms with Gasteiger partial charge >= 0.3 is 0 Å². The molecule has 0 heteroatoms. The highest BCUT2D eigenvalue weighted by atomic mass is 14.4. The van der Waals surface area contributed by atoms with Gasteiger partial charge in [0.1, 0.15) is 0 Å². The Balaban J connectivity index is 2.53. The van der Waals surface area contributed by atoms with Crippen molar-refractivity contribution in [2.24, 2.45) is 17.3 Å². The number of hydrogen-bond donors (Lipinski definition) is 0. The van der Waals surface area contributed by atoms with E-state index in [9.17, 15) is 0 Å². The second-order valence-electron chi connectivity index (χ2n) is 4.96. The van der Waals surface area contributed by atoms with Crippen LogP contribution in [0, 0.1) is 17.3 Å². The highest BCUT2D eigenvalue weighted by Gasteiger charge is 2.34. The van der Waals surface area contributed by atoms with Crippen molar-refractivity contribution in [1.82, 2.24) is 0 Å². The van der Waals surface area contributed by atoms with Crippen molar-refractivity contribution in [2.45, 2.75) is 59.8 Å². The van der Waals surface area contributed by atoms with E-state index in [0.717, 1.165) is 11.8 Å². The van der Waals surface area contributed by atoms with E-state index in [4.69, 9.17) is 0 Å². The van der Waals surface area contributed by atoms with Gasteiger partial charge in [0.25, 0.3) is 0 Å². The van der Waals surface area contributed by atoms with Gasteiger partial charge in [-0.25, -0.2) is 0 Å². The predicted molar refractivity (Wildman–Crippen MR) is 55.2 cm³/mol. The Hall–Kier alpha value is 0. The molecule has 1 fully saturated rings. The minimum atomic E-state index is 0.658. The van der Waals surface area contributed by atoms with Gasteiger partial charge in [-0.05, 0) is 36.5 Å². The van der Waals surface area contributed by atoms with E-state index < -0.39 is 0 Å². The summed E-state index contributed by atoms with van der Waals surface area (Å²) in [4.78, 5) is 0. The summed E-state index contributed by atoms with van der Waals surface area (Å²) >= 11 is 0. The molecule has 1 aliphatic carbocycles. The molecule has 1 rings (SSSR count). The first-order valence-electron chi connectivity index (χ1n) is 5.62. The van der Waals surface area contributed by atoms with Gasteiger partial charge in [-0.2, -0.15) is 0 Å². The third kappa shape index (κ3) is 1.84. The monoisotopic (exact) mass is 168 g/mol. The van der Waals surface area contributed by atoms with Gasteiger partial charge in [0, 0.05) is 0 Å². The third-order valence-electron chi connectivity index (χ3n) is 4.39. The number of rotatable bonds is 2. The molecule has 0 amide bonds. The minimum absolute atomic E-state index is 0.658. The molecule has 0 aromatic heterocycles. The average molecular weight is 168 g/mol. The summed E-state index contributed by atoms with van der Waals surface area (Å²) in [6.45, 7) is 9.61. The van der Waals surface area contributed by atoms with Gasteiger partial charge in [0.05, 0.1) is 0 Å².